The van der Waals surface area contributed by atoms with Gasteiger partial charge in [-0.1, -0.05) is 12.1 Å². The topological polar surface area (TPSA) is 41.1 Å². The molecule has 1 fully saturated rings. The van der Waals surface area contributed by atoms with Crippen molar-refractivity contribution in [1.29, 1.82) is 0 Å². The van der Waals surface area contributed by atoms with E-state index in [1.807, 2.05) is 6.92 Å². The fourth-order valence-electron chi connectivity index (χ4n) is 2.49. The lowest BCUT2D eigenvalue weighted by atomic mass is 10.0. The minimum absolute atomic E-state index is 0. The van der Waals surface area contributed by atoms with E-state index >= 15 is 0 Å². The zero-order chi connectivity index (χ0) is 15.5. The number of hydrogen-bond acceptors (Lipinski definition) is 2. The summed E-state index contributed by atoms with van der Waals surface area (Å²) in [4.78, 5) is 11.9. The van der Waals surface area contributed by atoms with Gasteiger partial charge in [0.25, 0.3) is 0 Å². The van der Waals surface area contributed by atoms with Gasteiger partial charge in [0.05, 0.1) is 11.6 Å². The molecule has 2 atom stereocenters. The fraction of sp³-hybridized carbons (Fsp3) is 0.533. The molecule has 1 aromatic rings. The Kier molecular flexibility index (Phi) is 6.68. The number of amides is 1. The van der Waals surface area contributed by atoms with Crippen LogP contribution in [0.25, 0.3) is 0 Å². The first-order valence-electron chi connectivity index (χ1n) is 7.06. The van der Waals surface area contributed by atoms with Crippen LogP contribution in [0.15, 0.2) is 24.3 Å². The molecule has 7 heteroatoms. The predicted octanol–water partition coefficient (Wildman–Crippen LogP) is 2.93. The molecule has 2 unspecified atom stereocenters. The van der Waals surface area contributed by atoms with Gasteiger partial charge in [0.15, 0.2) is 0 Å². The van der Waals surface area contributed by atoms with Crippen LogP contribution in [0.4, 0.5) is 13.2 Å². The van der Waals surface area contributed by atoms with Crippen molar-refractivity contribution in [2.45, 2.75) is 44.4 Å². The zero-order valence-corrected chi connectivity index (χ0v) is 13.1. The van der Waals surface area contributed by atoms with E-state index in [2.05, 4.69) is 10.6 Å². The van der Waals surface area contributed by atoms with Crippen LogP contribution in [0.3, 0.4) is 0 Å². The molecule has 1 aromatic carbocycles. The molecule has 3 nitrogen and oxygen atoms in total. The molecule has 0 radical (unpaired) electrons. The van der Waals surface area contributed by atoms with Crippen LogP contribution in [0.2, 0.25) is 0 Å². The predicted molar refractivity (Wildman–Crippen MR) is 81.0 cm³/mol. The Morgan fingerprint density at radius 3 is 2.50 bits per heavy atom. The largest absolute Gasteiger partial charge is 0.416 e. The number of alkyl halides is 3. The molecular formula is C15H20ClF3N2O. The first kappa shape index (κ1) is 18.8. The molecule has 0 aliphatic carbocycles. The van der Waals surface area contributed by atoms with Crippen LogP contribution in [-0.2, 0) is 17.4 Å². The van der Waals surface area contributed by atoms with E-state index < -0.39 is 11.7 Å². The van der Waals surface area contributed by atoms with Crippen molar-refractivity contribution in [3.8, 4) is 0 Å². The standard InChI is InChI=1S/C15H19F3N2O.ClH/c1-10(20-14(21)13-3-2-8-19-13)9-11-4-6-12(7-5-11)15(16,17)18;/h4-7,10,13,19H,2-3,8-9H2,1H3,(H,20,21);1H. The SMILES string of the molecule is CC(Cc1ccc(C(F)(F)F)cc1)NC(=O)C1CCCN1.Cl. The highest BCUT2D eigenvalue weighted by Gasteiger charge is 2.30. The summed E-state index contributed by atoms with van der Waals surface area (Å²) in [6.45, 7) is 2.70. The Morgan fingerprint density at radius 2 is 2.00 bits per heavy atom. The Bertz CT molecular complexity index is 485. The van der Waals surface area contributed by atoms with Gasteiger partial charge in [-0.05, 0) is 50.4 Å². The van der Waals surface area contributed by atoms with Gasteiger partial charge in [0.1, 0.15) is 0 Å². The first-order chi connectivity index (χ1) is 9.86. The number of carbonyl (C=O) groups excluding carboxylic acids is 1. The maximum absolute atomic E-state index is 12.5. The summed E-state index contributed by atoms with van der Waals surface area (Å²) in [5.41, 5.74) is 0.119. The van der Waals surface area contributed by atoms with Crippen molar-refractivity contribution in [2.75, 3.05) is 6.54 Å². The molecule has 2 rings (SSSR count). The normalized spacial score (nSPS) is 19.4. The second kappa shape index (κ2) is 7.83. The molecule has 0 saturated carbocycles. The second-order valence-corrected chi connectivity index (χ2v) is 5.46. The molecule has 0 bridgehead atoms. The summed E-state index contributed by atoms with van der Waals surface area (Å²) in [7, 11) is 0. The van der Waals surface area contributed by atoms with E-state index in [-0.39, 0.29) is 30.4 Å². The van der Waals surface area contributed by atoms with Gasteiger partial charge in [0, 0.05) is 6.04 Å². The fourth-order valence-corrected chi connectivity index (χ4v) is 2.49. The second-order valence-electron chi connectivity index (χ2n) is 5.46. The van der Waals surface area contributed by atoms with E-state index in [0.717, 1.165) is 37.1 Å². The van der Waals surface area contributed by atoms with Crippen LogP contribution in [0, 0.1) is 0 Å². The molecule has 0 spiro atoms. The van der Waals surface area contributed by atoms with Gasteiger partial charge < -0.3 is 10.6 Å². The van der Waals surface area contributed by atoms with Crippen molar-refractivity contribution in [3.05, 3.63) is 35.4 Å². The Labute approximate surface area is 134 Å². The Hall–Kier alpha value is -1.27. The lowest BCUT2D eigenvalue weighted by Crippen LogP contribution is -2.44. The van der Waals surface area contributed by atoms with E-state index in [4.69, 9.17) is 0 Å². The summed E-state index contributed by atoms with van der Waals surface area (Å²) in [6.07, 6.45) is -1.98. The summed E-state index contributed by atoms with van der Waals surface area (Å²) >= 11 is 0. The number of nitrogens with one attached hydrogen (secondary N) is 2. The molecule has 22 heavy (non-hydrogen) atoms. The third-order valence-electron chi connectivity index (χ3n) is 3.59. The number of benzene rings is 1. The highest BCUT2D eigenvalue weighted by molar-refractivity contribution is 5.85. The smallest absolute Gasteiger partial charge is 0.352 e. The molecular weight excluding hydrogens is 317 g/mol. The maximum Gasteiger partial charge on any atom is 0.416 e. The number of hydrogen-bond donors (Lipinski definition) is 2. The van der Waals surface area contributed by atoms with E-state index in [0.29, 0.717) is 6.42 Å². The Morgan fingerprint density at radius 1 is 1.36 bits per heavy atom. The molecule has 1 aliphatic rings. The lowest BCUT2D eigenvalue weighted by molar-refractivity contribution is -0.137. The quantitative estimate of drug-likeness (QED) is 0.887. The van der Waals surface area contributed by atoms with E-state index in [9.17, 15) is 18.0 Å². The minimum Gasteiger partial charge on any atom is -0.352 e. The first-order valence-corrected chi connectivity index (χ1v) is 7.06. The molecule has 1 heterocycles. The summed E-state index contributed by atoms with van der Waals surface area (Å²) < 4.78 is 37.4. The minimum atomic E-state index is -4.31. The summed E-state index contributed by atoms with van der Waals surface area (Å²) in [5.74, 6) is -0.0353. The van der Waals surface area contributed by atoms with Gasteiger partial charge >= 0.3 is 6.18 Å². The van der Waals surface area contributed by atoms with Gasteiger partial charge in [-0.25, -0.2) is 0 Å². The van der Waals surface area contributed by atoms with Crippen LogP contribution in [-0.4, -0.2) is 24.5 Å². The number of rotatable bonds is 4. The maximum atomic E-state index is 12.5. The van der Waals surface area contributed by atoms with Crippen LogP contribution < -0.4 is 10.6 Å². The summed E-state index contributed by atoms with van der Waals surface area (Å²) in [5, 5.41) is 6.00. The highest BCUT2D eigenvalue weighted by Crippen LogP contribution is 2.29. The van der Waals surface area contributed by atoms with Crippen LogP contribution in [0.5, 0.6) is 0 Å². The lowest BCUT2D eigenvalue weighted by Gasteiger charge is -2.17. The zero-order valence-electron chi connectivity index (χ0n) is 12.2. The molecule has 1 aliphatic heterocycles. The molecule has 1 amide bonds. The molecule has 0 aromatic heterocycles. The molecule has 1 saturated heterocycles. The Balaban J connectivity index is 0.00000242. The van der Waals surface area contributed by atoms with Gasteiger partial charge in [0.2, 0.25) is 5.91 Å². The van der Waals surface area contributed by atoms with Gasteiger partial charge in [-0.3, -0.25) is 4.79 Å². The summed E-state index contributed by atoms with van der Waals surface area (Å²) in [6, 6.07) is 4.81. The average molecular weight is 337 g/mol. The highest BCUT2D eigenvalue weighted by atomic mass is 35.5. The number of carbonyl (C=O) groups is 1. The van der Waals surface area contributed by atoms with Crippen LogP contribution in [0.1, 0.15) is 30.9 Å². The van der Waals surface area contributed by atoms with Gasteiger partial charge in [-0.15, -0.1) is 12.4 Å². The van der Waals surface area contributed by atoms with Crippen LogP contribution >= 0.6 is 12.4 Å². The molecule has 2 N–H and O–H groups in total. The third-order valence-corrected chi connectivity index (χ3v) is 3.59. The van der Waals surface area contributed by atoms with Crippen molar-refractivity contribution >= 4 is 18.3 Å². The third kappa shape index (κ3) is 5.18. The van der Waals surface area contributed by atoms with Crippen molar-refractivity contribution in [3.63, 3.8) is 0 Å². The monoisotopic (exact) mass is 336 g/mol. The average Bonchev–Trinajstić information content (AvgIpc) is 2.92. The molecule has 124 valence electrons. The van der Waals surface area contributed by atoms with Crippen molar-refractivity contribution < 1.29 is 18.0 Å². The van der Waals surface area contributed by atoms with Crippen molar-refractivity contribution in [1.82, 2.24) is 10.6 Å². The van der Waals surface area contributed by atoms with Gasteiger partial charge in [-0.2, -0.15) is 13.2 Å². The number of halogens is 4. The van der Waals surface area contributed by atoms with Crippen molar-refractivity contribution in [2.24, 2.45) is 0 Å². The van der Waals surface area contributed by atoms with E-state index in [1.54, 1.807) is 0 Å². The van der Waals surface area contributed by atoms with E-state index in [1.165, 1.54) is 12.1 Å².